The molecule has 26 heavy (non-hydrogen) atoms. The summed E-state index contributed by atoms with van der Waals surface area (Å²) in [5.41, 5.74) is 2.65. The normalized spacial score (nSPS) is 17.9. The van der Waals surface area contributed by atoms with E-state index in [1.165, 1.54) is 0 Å². The van der Waals surface area contributed by atoms with E-state index < -0.39 is 0 Å². The molecule has 2 unspecified atom stereocenters. The van der Waals surface area contributed by atoms with Crippen molar-refractivity contribution in [3.05, 3.63) is 64.7 Å². The van der Waals surface area contributed by atoms with Gasteiger partial charge in [-0.05, 0) is 37.1 Å². The number of nitrogens with one attached hydrogen (secondary N) is 2. The molecule has 3 rings (SSSR count). The summed E-state index contributed by atoms with van der Waals surface area (Å²) in [6.45, 7) is 4.40. The number of aryl methyl sites for hydroxylation is 1. The van der Waals surface area contributed by atoms with Gasteiger partial charge in [0.2, 0.25) is 5.91 Å². The van der Waals surface area contributed by atoms with Crippen LogP contribution < -0.4 is 10.6 Å². The van der Waals surface area contributed by atoms with Gasteiger partial charge < -0.3 is 15.5 Å². The van der Waals surface area contributed by atoms with E-state index in [1.807, 2.05) is 55.1 Å². The van der Waals surface area contributed by atoms with Crippen LogP contribution in [0.5, 0.6) is 0 Å². The summed E-state index contributed by atoms with van der Waals surface area (Å²) in [4.78, 5) is 26.4. The molecule has 2 atom stereocenters. The molecular formula is C20H22ClN3O2. The van der Waals surface area contributed by atoms with Crippen molar-refractivity contribution >= 4 is 29.2 Å². The Bertz CT molecular complexity index is 810. The molecule has 0 saturated carbocycles. The zero-order valence-corrected chi connectivity index (χ0v) is 15.6. The molecule has 0 spiro atoms. The second-order valence-electron chi connectivity index (χ2n) is 6.60. The second kappa shape index (κ2) is 7.79. The third kappa shape index (κ3) is 4.17. The van der Waals surface area contributed by atoms with Gasteiger partial charge in [-0.2, -0.15) is 0 Å². The van der Waals surface area contributed by atoms with Crippen LogP contribution in [-0.4, -0.2) is 29.4 Å². The maximum atomic E-state index is 12.4. The lowest BCUT2D eigenvalue weighted by atomic mass is 10.1. The predicted octanol–water partition coefficient (Wildman–Crippen LogP) is 4.13. The average Bonchev–Trinajstić information content (AvgIpc) is 2.98. The molecule has 1 heterocycles. The Morgan fingerprint density at radius 2 is 1.96 bits per heavy atom. The van der Waals surface area contributed by atoms with Gasteiger partial charge in [-0.25, -0.2) is 4.79 Å². The Morgan fingerprint density at radius 1 is 1.23 bits per heavy atom. The predicted molar refractivity (Wildman–Crippen MR) is 103 cm³/mol. The molecule has 1 aliphatic rings. The SMILES string of the molecule is Cc1ccc(NC(=O)NC2CC(=O)N(C(C)c3ccccc3)C2)cc1Cl. The first-order valence-corrected chi connectivity index (χ1v) is 9.00. The van der Waals surface area contributed by atoms with E-state index >= 15 is 0 Å². The average molecular weight is 372 g/mol. The monoisotopic (exact) mass is 371 g/mol. The molecule has 2 N–H and O–H groups in total. The number of halogens is 1. The molecule has 0 bridgehead atoms. The van der Waals surface area contributed by atoms with Gasteiger partial charge in [0.05, 0.1) is 12.1 Å². The van der Waals surface area contributed by atoms with E-state index in [9.17, 15) is 9.59 Å². The number of urea groups is 1. The fourth-order valence-electron chi connectivity index (χ4n) is 3.14. The van der Waals surface area contributed by atoms with Crippen molar-refractivity contribution in [3.8, 4) is 0 Å². The standard InChI is InChI=1S/C20H22ClN3O2/c1-13-8-9-16(10-18(13)21)22-20(26)23-17-11-19(25)24(12-17)14(2)15-6-4-3-5-7-15/h3-10,14,17H,11-12H2,1-2H3,(H2,22,23,26). The Balaban J connectivity index is 1.58. The van der Waals surface area contributed by atoms with Crippen LogP contribution >= 0.6 is 11.6 Å². The van der Waals surface area contributed by atoms with Crippen molar-refractivity contribution < 1.29 is 9.59 Å². The molecule has 136 valence electrons. The van der Waals surface area contributed by atoms with Gasteiger partial charge in [0.15, 0.2) is 0 Å². The molecule has 0 aromatic heterocycles. The van der Waals surface area contributed by atoms with E-state index in [1.54, 1.807) is 12.1 Å². The smallest absolute Gasteiger partial charge is 0.319 e. The van der Waals surface area contributed by atoms with Crippen molar-refractivity contribution in [3.63, 3.8) is 0 Å². The molecular weight excluding hydrogens is 350 g/mol. The fourth-order valence-corrected chi connectivity index (χ4v) is 3.32. The van der Waals surface area contributed by atoms with Gasteiger partial charge in [0, 0.05) is 23.7 Å². The number of carbonyl (C=O) groups excluding carboxylic acids is 2. The summed E-state index contributed by atoms with van der Waals surface area (Å²) in [7, 11) is 0. The van der Waals surface area contributed by atoms with Gasteiger partial charge >= 0.3 is 6.03 Å². The molecule has 2 aromatic rings. The van der Waals surface area contributed by atoms with Gasteiger partial charge in [-0.3, -0.25) is 4.79 Å². The van der Waals surface area contributed by atoms with Gasteiger partial charge in [-0.15, -0.1) is 0 Å². The van der Waals surface area contributed by atoms with Crippen LogP contribution in [0.15, 0.2) is 48.5 Å². The minimum absolute atomic E-state index is 0.0190. The number of amides is 3. The van der Waals surface area contributed by atoms with Crippen LogP contribution in [0.2, 0.25) is 5.02 Å². The highest BCUT2D eigenvalue weighted by atomic mass is 35.5. The van der Waals surface area contributed by atoms with Crippen LogP contribution in [0.4, 0.5) is 10.5 Å². The van der Waals surface area contributed by atoms with Crippen LogP contribution in [0.3, 0.4) is 0 Å². The molecule has 3 amide bonds. The Morgan fingerprint density at radius 3 is 2.65 bits per heavy atom. The first-order chi connectivity index (χ1) is 12.4. The lowest BCUT2D eigenvalue weighted by Gasteiger charge is -2.25. The molecule has 0 aliphatic carbocycles. The highest BCUT2D eigenvalue weighted by Gasteiger charge is 2.33. The van der Waals surface area contributed by atoms with Crippen LogP contribution in [0.25, 0.3) is 0 Å². The van der Waals surface area contributed by atoms with Crippen molar-refractivity contribution in [1.82, 2.24) is 10.2 Å². The van der Waals surface area contributed by atoms with E-state index in [0.717, 1.165) is 11.1 Å². The number of benzene rings is 2. The minimum Gasteiger partial charge on any atom is -0.334 e. The first-order valence-electron chi connectivity index (χ1n) is 8.62. The summed E-state index contributed by atoms with van der Waals surface area (Å²) in [5, 5.41) is 6.23. The number of rotatable bonds is 4. The summed E-state index contributed by atoms with van der Waals surface area (Å²) < 4.78 is 0. The molecule has 2 aromatic carbocycles. The molecule has 0 radical (unpaired) electrons. The van der Waals surface area contributed by atoms with Gasteiger partial charge in [0.1, 0.15) is 0 Å². The molecule has 1 aliphatic heterocycles. The number of hydrogen-bond acceptors (Lipinski definition) is 2. The number of likely N-dealkylation sites (tertiary alicyclic amines) is 1. The van der Waals surface area contributed by atoms with Gasteiger partial charge in [0.25, 0.3) is 0 Å². The van der Waals surface area contributed by atoms with Crippen LogP contribution in [0, 0.1) is 6.92 Å². The summed E-state index contributed by atoms with van der Waals surface area (Å²) in [6, 6.07) is 14.7. The largest absolute Gasteiger partial charge is 0.334 e. The third-order valence-electron chi connectivity index (χ3n) is 4.67. The van der Waals surface area contributed by atoms with E-state index in [2.05, 4.69) is 10.6 Å². The van der Waals surface area contributed by atoms with Crippen molar-refractivity contribution in [2.45, 2.75) is 32.4 Å². The Labute approximate surface area is 158 Å². The van der Waals surface area contributed by atoms with E-state index in [-0.39, 0.29) is 24.0 Å². The summed E-state index contributed by atoms with van der Waals surface area (Å²) >= 11 is 6.08. The van der Waals surface area contributed by atoms with Crippen LogP contribution in [0.1, 0.15) is 30.5 Å². The Kier molecular flexibility index (Phi) is 5.47. The molecule has 6 heteroatoms. The zero-order valence-electron chi connectivity index (χ0n) is 14.8. The number of carbonyl (C=O) groups is 2. The molecule has 5 nitrogen and oxygen atoms in total. The van der Waals surface area contributed by atoms with Crippen molar-refractivity contribution in [2.75, 3.05) is 11.9 Å². The minimum atomic E-state index is -0.336. The lowest BCUT2D eigenvalue weighted by Crippen LogP contribution is -2.40. The number of nitrogens with zero attached hydrogens (tertiary/aromatic N) is 1. The van der Waals surface area contributed by atoms with E-state index in [0.29, 0.717) is 23.7 Å². The molecule has 1 fully saturated rings. The first kappa shape index (κ1) is 18.3. The third-order valence-corrected chi connectivity index (χ3v) is 5.08. The van der Waals surface area contributed by atoms with Crippen molar-refractivity contribution in [2.24, 2.45) is 0 Å². The van der Waals surface area contributed by atoms with Crippen LogP contribution in [-0.2, 0) is 4.79 Å². The topological polar surface area (TPSA) is 61.4 Å². The highest BCUT2D eigenvalue weighted by Crippen LogP contribution is 2.25. The lowest BCUT2D eigenvalue weighted by molar-refractivity contribution is -0.129. The fraction of sp³-hybridized carbons (Fsp3) is 0.300. The maximum Gasteiger partial charge on any atom is 0.319 e. The number of anilines is 1. The molecule has 1 saturated heterocycles. The zero-order chi connectivity index (χ0) is 18.7. The Hall–Kier alpha value is -2.53. The van der Waals surface area contributed by atoms with Crippen molar-refractivity contribution in [1.29, 1.82) is 0 Å². The maximum absolute atomic E-state index is 12.4. The van der Waals surface area contributed by atoms with E-state index in [4.69, 9.17) is 11.6 Å². The number of hydrogen-bond donors (Lipinski definition) is 2. The summed E-state index contributed by atoms with van der Waals surface area (Å²) in [5.74, 6) is 0.0463. The quantitative estimate of drug-likeness (QED) is 0.848. The van der Waals surface area contributed by atoms with Gasteiger partial charge in [-0.1, -0.05) is 48.0 Å². The summed E-state index contributed by atoms with van der Waals surface area (Å²) in [6.07, 6.45) is 0.305. The highest BCUT2D eigenvalue weighted by molar-refractivity contribution is 6.31. The second-order valence-corrected chi connectivity index (χ2v) is 7.00.